The highest BCUT2D eigenvalue weighted by Crippen LogP contribution is 2.35. The summed E-state index contributed by atoms with van der Waals surface area (Å²) < 4.78 is 0. The van der Waals surface area contributed by atoms with Crippen LogP contribution in [-0.4, -0.2) is 12.1 Å². The summed E-state index contributed by atoms with van der Waals surface area (Å²) in [7, 11) is 0. The first-order valence-electron chi connectivity index (χ1n) is 7.05. The molecule has 0 spiro atoms. The van der Waals surface area contributed by atoms with E-state index in [9.17, 15) is 0 Å². The second kappa shape index (κ2) is 5.34. The molecule has 4 unspecified atom stereocenters. The van der Waals surface area contributed by atoms with Gasteiger partial charge < -0.3 is 5.32 Å². The first-order valence-corrected chi connectivity index (χ1v) is 7.05. The summed E-state index contributed by atoms with van der Waals surface area (Å²) in [5, 5.41) is 3.83. The Bertz CT molecular complexity index is 190. The Morgan fingerprint density at radius 3 is 2.60 bits per heavy atom. The van der Waals surface area contributed by atoms with E-state index in [1.54, 1.807) is 0 Å². The first kappa shape index (κ1) is 11.4. The van der Waals surface area contributed by atoms with Crippen LogP contribution in [0.1, 0.15) is 65.2 Å². The number of hydrogen-bond acceptors (Lipinski definition) is 1. The van der Waals surface area contributed by atoms with Crippen molar-refractivity contribution in [2.75, 3.05) is 0 Å². The van der Waals surface area contributed by atoms with Crippen molar-refractivity contribution < 1.29 is 0 Å². The molecular weight excluding hydrogens is 182 g/mol. The summed E-state index contributed by atoms with van der Waals surface area (Å²) in [5.74, 6) is 2.02. The van der Waals surface area contributed by atoms with Crippen LogP contribution in [0.15, 0.2) is 0 Å². The van der Waals surface area contributed by atoms with Crippen LogP contribution in [0, 0.1) is 11.8 Å². The van der Waals surface area contributed by atoms with Gasteiger partial charge in [-0.1, -0.05) is 32.6 Å². The van der Waals surface area contributed by atoms with Gasteiger partial charge in [-0.15, -0.1) is 0 Å². The first-order chi connectivity index (χ1) is 7.29. The standard InChI is InChI=1S/C14H27N/c1-3-12-7-5-8-13(10-12)14-9-4-6-11(2)15-14/h11-15H,3-10H2,1-2H3. The van der Waals surface area contributed by atoms with Gasteiger partial charge in [-0.25, -0.2) is 0 Å². The van der Waals surface area contributed by atoms with Gasteiger partial charge in [0.25, 0.3) is 0 Å². The van der Waals surface area contributed by atoms with Crippen molar-refractivity contribution in [2.45, 2.75) is 77.3 Å². The molecule has 2 rings (SSSR count). The van der Waals surface area contributed by atoms with Gasteiger partial charge >= 0.3 is 0 Å². The predicted octanol–water partition coefficient (Wildman–Crippen LogP) is 3.73. The summed E-state index contributed by atoms with van der Waals surface area (Å²) in [6.07, 6.45) is 11.6. The average molecular weight is 209 g/mol. The molecule has 0 radical (unpaired) electrons. The second-order valence-electron chi connectivity index (χ2n) is 5.81. The average Bonchev–Trinajstić information content (AvgIpc) is 2.29. The quantitative estimate of drug-likeness (QED) is 0.730. The molecular formula is C14H27N. The fraction of sp³-hybridized carbons (Fsp3) is 1.00. The molecule has 4 atom stereocenters. The molecule has 0 bridgehead atoms. The SMILES string of the molecule is CCC1CCCC(C2CCCC(C)N2)C1. The van der Waals surface area contributed by atoms with E-state index in [0.717, 1.165) is 23.9 Å². The Morgan fingerprint density at radius 1 is 1.07 bits per heavy atom. The zero-order valence-electron chi connectivity index (χ0n) is 10.5. The largest absolute Gasteiger partial charge is 0.311 e. The number of rotatable bonds is 2. The maximum absolute atomic E-state index is 3.83. The summed E-state index contributed by atoms with van der Waals surface area (Å²) in [6, 6.07) is 1.62. The van der Waals surface area contributed by atoms with Crippen LogP contribution < -0.4 is 5.32 Å². The van der Waals surface area contributed by atoms with Crippen LogP contribution in [0.4, 0.5) is 0 Å². The molecule has 1 aliphatic carbocycles. The Morgan fingerprint density at radius 2 is 1.87 bits per heavy atom. The van der Waals surface area contributed by atoms with E-state index in [4.69, 9.17) is 0 Å². The normalized spacial score (nSPS) is 42.8. The molecule has 1 saturated heterocycles. The number of hydrogen-bond donors (Lipinski definition) is 1. The molecule has 0 aromatic rings. The minimum atomic E-state index is 0.769. The van der Waals surface area contributed by atoms with Gasteiger partial charge in [0.15, 0.2) is 0 Å². The lowest BCUT2D eigenvalue weighted by Crippen LogP contribution is -2.46. The van der Waals surface area contributed by atoms with Crippen molar-refractivity contribution in [1.29, 1.82) is 0 Å². The van der Waals surface area contributed by atoms with Gasteiger partial charge in [0.1, 0.15) is 0 Å². The maximum Gasteiger partial charge on any atom is 0.00979 e. The van der Waals surface area contributed by atoms with Gasteiger partial charge in [0.2, 0.25) is 0 Å². The molecule has 2 fully saturated rings. The lowest BCUT2D eigenvalue weighted by atomic mass is 9.74. The van der Waals surface area contributed by atoms with Gasteiger partial charge in [-0.05, 0) is 44.4 Å². The summed E-state index contributed by atoms with van der Waals surface area (Å²) in [6.45, 7) is 4.72. The van der Waals surface area contributed by atoms with Crippen molar-refractivity contribution in [3.05, 3.63) is 0 Å². The van der Waals surface area contributed by atoms with E-state index in [-0.39, 0.29) is 0 Å². The molecule has 0 amide bonds. The van der Waals surface area contributed by atoms with Gasteiger partial charge in [-0.3, -0.25) is 0 Å². The highest BCUT2D eigenvalue weighted by atomic mass is 15.0. The van der Waals surface area contributed by atoms with Crippen molar-refractivity contribution in [3.63, 3.8) is 0 Å². The van der Waals surface area contributed by atoms with E-state index in [1.165, 1.54) is 51.4 Å². The summed E-state index contributed by atoms with van der Waals surface area (Å²) >= 11 is 0. The molecule has 1 aliphatic heterocycles. The maximum atomic E-state index is 3.83. The fourth-order valence-corrected chi connectivity index (χ4v) is 3.62. The molecule has 0 aromatic heterocycles. The Hall–Kier alpha value is -0.0400. The third-order valence-electron chi connectivity index (χ3n) is 4.62. The number of nitrogens with one attached hydrogen (secondary N) is 1. The lowest BCUT2D eigenvalue weighted by molar-refractivity contribution is 0.172. The van der Waals surface area contributed by atoms with Crippen LogP contribution in [0.25, 0.3) is 0 Å². The monoisotopic (exact) mass is 209 g/mol. The molecule has 1 N–H and O–H groups in total. The summed E-state index contributed by atoms with van der Waals surface area (Å²) in [5.41, 5.74) is 0. The molecule has 88 valence electrons. The van der Waals surface area contributed by atoms with Crippen LogP contribution in [0.5, 0.6) is 0 Å². The molecule has 1 heteroatoms. The highest BCUT2D eigenvalue weighted by molar-refractivity contribution is 4.86. The highest BCUT2D eigenvalue weighted by Gasteiger charge is 2.29. The van der Waals surface area contributed by atoms with Crippen molar-refractivity contribution in [1.82, 2.24) is 5.32 Å². The third-order valence-corrected chi connectivity index (χ3v) is 4.62. The zero-order valence-corrected chi connectivity index (χ0v) is 10.5. The van der Waals surface area contributed by atoms with Crippen LogP contribution in [-0.2, 0) is 0 Å². The van der Waals surface area contributed by atoms with Crippen LogP contribution in [0.3, 0.4) is 0 Å². The summed E-state index contributed by atoms with van der Waals surface area (Å²) in [4.78, 5) is 0. The van der Waals surface area contributed by atoms with E-state index >= 15 is 0 Å². The van der Waals surface area contributed by atoms with Gasteiger partial charge in [0.05, 0.1) is 0 Å². The Kier molecular flexibility index (Phi) is 4.07. The zero-order chi connectivity index (χ0) is 10.7. The Balaban J connectivity index is 1.86. The van der Waals surface area contributed by atoms with Gasteiger partial charge in [-0.2, -0.15) is 0 Å². The van der Waals surface area contributed by atoms with Gasteiger partial charge in [0, 0.05) is 12.1 Å². The topological polar surface area (TPSA) is 12.0 Å². The van der Waals surface area contributed by atoms with Crippen LogP contribution in [0.2, 0.25) is 0 Å². The molecule has 1 heterocycles. The van der Waals surface area contributed by atoms with E-state index in [1.807, 2.05) is 0 Å². The van der Waals surface area contributed by atoms with Crippen molar-refractivity contribution in [3.8, 4) is 0 Å². The minimum absolute atomic E-state index is 0.769. The van der Waals surface area contributed by atoms with Crippen molar-refractivity contribution >= 4 is 0 Å². The van der Waals surface area contributed by atoms with Crippen LogP contribution >= 0.6 is 0 Å². The number of piperidine rings is 1. The molecule has 2 aliphatic rings. The molecule has 0 aromatic carbocycles. The molecule has 1 nitrogen and oxygen atoms in total. The fourth-order valence-electron chi connectivity index (χ4n) is 3.62. The van der Waals surface area contributed by atoms with Crippen molar-refractivity contribution in [2.24, 2.45) is 11.8 Å². The molecule has 1 saturated carbocycles. The predicted molar refractivity (Wildman–Crippen MR) is 66.0 cm³/mol. The Labute approximate surface area is 95.0 Å². The minimum Gasteiger partial charge on any atom is -0.311 e. The van der Waals surface area contributed by atoms with E-state index < -0.39 is 0 Å². The van der Waals surface area contributed by atoms with E-state index in [0.29, 0.717) is 0 Å². The third kappa shape index (κ3) is 2.96. The second-order valence-corrected chi connectivity index (χ2v) is 5.81. The lowest BCUT2D eigenvalue weighted by Gasteiger charge is -2.39. The van der Waals surface area contributed by atoms with E-state index in [2.05, 4.69) is 19.2 Å². The molecule has 15 heavy (non-hydrogen) atoms. The smallest absolute Gasteiger partial charge is 0.00979 e.